The Hall–Kier alpha value is -1.34. The molecule has 0 aliphatic heterocycles. The molecule has 0 saturated carbocycles. The van der Waals surface area contributed by atoms with Crippen molar-refractivity contribution >= 4 is 0 Å². The van der Waals surface area contributed by atoms with E-state index in [0.29, 0.717) is 5.82 Å². The maximum atomic E-state index is 5.67. The summed E-state index contributed by atoms with van der Waals surface area (Å²) in [5.74, 6) is 6.35. The number of aryl methyl sites for hydroxylation is 1. The molecule has 0 aromatic carbocycles. The minimum atomic E-state index is -0.480. The van der Waals surface area contributed by atoms with Crippen LogP contribution >= 0.6 is 0 Å². The fourth-order valence-corrected chi connectivity index (χ4v) is 0.613. The van der Waals surface area contributed by atoms with E-state index in [9.17, 15) is 0 Å². The predicted molar refractivity (Wildman–Crippen MR) is 46.1 cm³/mol. The van der Waals surface area contributed by atoms with Crippen LogP contribution < -0.4 is 5.73 Å². The van der Waals surface area contributed by atoms with Gasteiger partial charge in [-0.25, -0.2) is 0 Å². The van der Waals surface area contributed by atoms with Gasteiger partial charge in [-0.3, -0.25) is 0 Å². The molecule has 4 nitrogen and oxygen atoms in total. The Kier molecular flexibility index (Phi) is 2.15. The zero-order valence-electron chi connectivity index (χ0n) is 7.50. The van der Waals surface area contributed by atoms with Crippen LogP contribution in [0.5, 0.6) is 0 Å². The monoisotopic (exact) mass is 164 g/mol. The van der Waals surface area contributed by atoms with E-state index in [2.05, 4.69) is 22.0 Å². The maximum absolute atomic E-state index is 5.67. The standard InChI is InChI=1S/C8H12N4/c1-8(2,9)5-4-7-11-10-6-12(7)3/h6H,9H2,1-3H3. The first-order valence-corrected chi connectivity index (χ1v) is 3.65. The molecule has 1 heterocycles. The van der Waals surface area contributed by atoms with Crippen molar-refractivity contribution in [1.82, 2.24) is 14.8 Å². The van der Waals surface area contributed by atoms with Crippen LogP contribution in [0.2, 0.25) is 0 Å². The van der Waals surface area contributed by atoms with Crippen LogP contribution in [0.25, 0.3) is 0 Å². The number of nitrogens with zero attached hydrogens (tertiary/aromatic N) is 3. The second-order valence-electron chi connectivity index (χ2n) is 3.24. The van der Waals surface area contributed by atoms with Gasteiger partial charge in [-0.1, -0.05) is 5.92 Å². The third kappa shape index (κ3) is 2.36. The summed E-state index contributed by atoms with van der Waals surface area (Å²) in [6, 6.07) is 0. The lowest BCUT2D eigenvalue weighted by molar-refractivity contribution is 0.680. The smallest absolute Gasteiger partial charge is 0.207 e. The Balaban J connectivity index is 2.87. The fraction of sp³-hybridized carbons (Fsp3) is 0.500. The second kappa shape index (κ2) is 2.95. The van der Waals surface area contributed by atoms with Gasteiger partial charge >= 0.3 is 0 Å². The molecule has 4 heteroatoms. The van der Waals surface area contributed by atoms with Crippen LogP contribution in [0.3, 0.4) is 0 Å². The van der Waals surface area contributed by atoms with E-state index in [0.717, 1.165) is 0 Å². The Morgan fingerprint density at radius 1 is 1.58 bits per heavy atom. The molecule has 1 rings (SSSR count). The van der Waals surface area contributed by atoms with Crippen molar-refractivity contribution in [2.24, 2.45) is 12.8 Å². The van der Waals surface area contributed by atoms with Crippen LogP contribution in [0.4, 0.5) is 0 Å². The van der Waals surface area contributed by atoms with Crippen LogP contribution in [0, 0.1) is 11.8 Å². The zero-order valence-corrected chi connectivity index (χ0v) is 7.50. The summed E-state index contributed by atoms with van der Waals surface area (Å²) in [6.07, 6.45) is 1.60. The minimum absolute atomic E-state index is 0.480. The maximum Gasteiger partial charge on any atom is 0.207 e. The van der Waals surface area contributed by atoms with E-state index in [1.807, 2.05) is 20.9 Å². The molecule has 0 saturated heterocycles. The molecule has 0 aliphatic carbocycles. The first-order chi connectivity index (χ1) is 5.49. The molecule has 1 aromatic heterocycles. The van der Waals surface area contributed by atoms with Crippen LogP contribution in [-0.4, -0.2) is 20.3 Å². The van der Waals surface area contributed by atoms with E-state index in [-0.39, 0.29) is 0 Å². The topological polar surface area (TPSA) is 56.7 Å². The summed E-state index contributed by atoms with van der Waals surface area (Å²) in [4.78, 5) is 0. The molecule has 0 spiro atoms. The van der Waals surface area contributed by atoms with E-state index in [4.69, 9.17) is 5.73 Å². The summed E-state index contributed by atoms with van der Waals surface area (Å²) in [7, 11) is 1.84. The van der Waals surface area contributed by atoms with Crippen molar-refractivity contribution in [3.05, 3.63) is 12.2 Å². The summed E-state index contributed by atoms with van der Waals surface area (Å²) in [6.45, 7) is 3.69. The normalized spacial score (nSPS) is 10.7. The first kappa shape index (κ1) is 8.75. The summed E-state index contributed by atoms with van der Waals surface area (Å²) >= 11 is 0. The van der Waals surface area contributed by atoms with Gasteiger partial charge in [-0.05, 0) is 19.8 Å². The van der Waals surface area contributed by atoms with E-state index in [1.165, 1.54) is 0 Å². The quantitative estimate of drug-likeness (QED) is 0.545. The number of nitrogens with two attached hydrogens (primary N) is 1. The van der Waals surface area contributed by atoms with Gasteiger partial charge in [-0.2, -0.15) is 0 Å². The van der Waals surface area contributed by atoms with Crippen molar-refractivity contribution in [1.29, 1.82) is 0 Å². The lowest BCUT2D eigenvalue weighted by Gasteiger charge is -2.06. The van der Waals surface area contributed by atoms with E-state index in [1.54, 1.807) is 10.9 Å². The number of aromatic nitrogens is 3. The Morgan fingerprint density at radius 3 is 2.67 bits per heavy atom. The molecule has 12 heavy (non-hydrogen) atoms. The van der Waals surface area contributed by atoms with E-state index < -0.39 is 5.54 Å². The van der Waals surface area contributed by atoms with Gasteiger partial charge in [0.25, 0.3) is 0 Å². The van der Waals surface area contributed by atoms with Gasteiger partial charge in [0.05, 0.1) is 5.54 Å². The van der Waals surface area contributed by atoms with Gasteiger partial charge < -0.3 is 10.3 Å². The average molecular weight is 164 g/mol. The summed E-state index contributed by atoms with van der Waals surface area (Å²) in [5, 5.41) is 7.49. The lowest BCUT2D eigenvalue weighted by atomic mass is 10.1. The minimum Gasteiger partial charge on any atom is -0.316 e. The molecule has 2 N–H and O–H groups in total. The molecule has 0 aliphatic rings. The van der Waals surface area contributed by atoms with Gasteiger partial charge in [-0.15, -0.1) is 10.2 Å². The molecule has 0 fully saturated rings. The van der Waals surface area contributed by atoms with Gasteiger partial charge in [0.1, 0.15) is 6.33 Å². The molecule has 0 unspecified atom stereocenters. The number of hydrogen-bond acceptors (Lipinski definition) is 3. The number of rotatable bonds is 0. The largest absolute Gasteiger partial charge is 0.316 e. The van der Waals surface area contributed by atoms with Gasteiger partial charge in [0, 0.05) is 7.05 Å². The molecule has 64 valence electrons. The molecule has 0 atom stereocenters. The van der Waals surface area contributed by atoms with Crippen molar-refractivity contribution in [3.8, 4) is 11.8 Å². The molecule has 0 bridgehead atoms. The van der Waals surface area contributed by atoms with Crippen molar-refractivity contribution in [2.75, 3.05) is 0 Å². The van der Waals surface area contributed by atoms with E-state index >= 15 is 0 Å². The summed E-state index contributed by atoms with van der Waals surface area (Å²) in [5.41, 5.74) is 5.19. The molecular formula is C8H12N4. The predicted octanol–water partition coefficient (Wildman–Crippen LogP) is -0.0961. The Morgan fingerprint density at radius 2 is 2.25 bits per heavy atom. The first-order valence-electron chi connectivity index (χ1n) is 3.65. The van der Waals surface area contributed by atoms with Crippen LogP contribution in [0.15, 0.2) is 6.33 Å². The van der Waals surface area contributed by atoms with Gasteiger partial charge in [0.2, 0.25) is 5.82 Å². The van der Waals surface area contributed by atoms with Crippen LogP contribution in [-0.2, 0) is 7.05 Å². The average Bonchev–Trinajstić information content (AvgIpc) is 2.29. The fourth-order valence-electron chi connectivity index (χ4n) is 0.613. The Bertz CT molecular complexity index is 321. The highest BCUT2D eigenvalue weighted by Crippen LogP contribution is 1.94. The third-order valence-corrected chi connectivity index (χ3v) is 1.21. The summed E-state index contributed by atoms with van der Waals surface area (Å²) < 4.78 is 1.75. The third-order valence-electron chi connectivity index (χ3n) is 1.21. The second-order valence-corrected chi connectivity index (χ2v) is 3.24. The lowest BCUT2D eigenvalue weighted by Crippen LogP contribution is -2.29. The van der Waals surface area contributed by atoms with Crippen LogP contribution in [0.1, 0.15) is 19.7 Å². The molecule has 1 aromatic rings. The molecule has 0 amide bonds. The van der Waals surface area contributed by atoms with Crippen molar-refractivity contribution in [2.45, 2.75) is 19.4 Å². The Labute approximate surface area is 71.8 Å². The van der Waals surface area contributed by atoms with Gasteiger partial charge in [0.15, 0.2) is 0 Å². The SMILES string of the molecule is Cn1cnnc1C#CC(C)(C)N. The molecular weight excluding hydrogens is 152 g/mol. The van der Waals surface area contributed by atoms with Crippen molar-refractivity contribution in [3.63, 3.8) is 0 Å². The zero-order chi connectivity index (χ0) is 9.19. The highest BCUT2D eigenvalue weighted by atomic mass is 15.2. The van der Waals surface area contributed by atoms with Crippen molar-refractivity contribution < 1.29 is 0 Å². The highest BCUT2D eigenvalue weighted by Gasteiger charge is 2.04. The number of hydrogen-bond donors (Lipinski definition) is 1. The molecule has 0 radical (unpaired) electrons. The highest BCUT2D eigenvalue weighted by molar-refractivity contribution is 5.25.